The Morgan fingerprint density at radius 1 is 0.810 bits per heavy atom. The molecule has 2 amide bonds. The van der Waals surface area contributed by atoms with Crippen LogP contribution in [0, 0.1) is 13.8 Å². The zero-order valence-electron chi connectivity index (χ0n) is 33.6. The fourth-order valence-electron chi connectivity index (χ4n) is 5.67. The van der Waals surface area contributed by atoms with Crippen molar-refractivity contribution in [2.45, 2.75) is 39.5 Å². The van der Waals surface area contributed by atoms with E-state index in [0.717, 1.165) is 75.7 Å². The Bertz CT molecular complexity index is 1620. The molecule has 1 aliphatic rings. The Labute approximate surface area is 355 Å². The molecule has 1 fully saturated rings. The maximum absolute atomic E-state index is 12.9. The fraction of sp³-hybridized carbons (Fsp3) is 0.615. The van der Waals surface area contributed by atoms with Crippen molar-refractivity contribution in [1.82, 2.24) is 25.2 Å². The van der Waals surface area contributed by atoms with E-state index in [0.29, 0.717) is 105 Å². The number of nitrogens with zero attached hydrogens (tertiary/aromatic N) is 5. The van der Waals surface area contributed by atoms with E-state index >= 15 is 0 Å². The molecule has 2 aromatic heterocycles. The molecule has 3 heterocycles. The van der Waals surface area contributed by atoms with Gasteiger partial charge in [0.2, 0.25) is 0 Å². The largest absolute Gasteiger partial charge is 0.448 e. The zero-order chi connectivity index (χ0) is 41.2. The summed E-state index contributed by atoms with van der Waals surface area (Å²) in [5.74, 6) is 2.44. The minimum atomic E-state index is -0.471. The molecule has 3 aromatic rings. The van der Waals surface area contributed by atoms with Crippen molar-refractivity contribution in [3.05, 3.63) is 51.7 Å². The van der Waals surface area contributed by atoms with Gasteiger partial charge in [-0.05, 0) is 38.3 Å². The molecular formula is C39H58Cl2N8O8S. The van der Waals surface area contributed by atoms with Gasteiger partial charge in [0.1, 0.15) is 28.9 Å². The van der Waals surface area contributed by atoms with Gasteiger partial charge in [-0.2, -0.15) is 0 Å². The highest BCUT2D eigenvalue weighted by Crippen LogP contribution is 2.28. The number of carbonyl (C=O) groups excluding carboxylic acids is 2. The number of carbonyl (C=O) groups is 2. The minimum absolute atomic E-state index is 0.283. The van der Waals surface area contributed by atoms with Gasteiger partial charge in [-0.3, -0.25) is 9.69 Å². The number of unbranched alkanes of at least 4 members (excludes halogenated alkanes) is 3. The summed E-state index contributed by atoms with van der Waals surface area (Å²) >= 11 is 13.2. The first-order chi connectivity index (χ1) is 28.3. The molecular weight excluding hydrogens is 811 g/mol. The molecule has 0 atom stereocenters. The molecule has 3 N–H and O–H groups in total. The molecule has 1 aliphatic heterocycles. The van der Waals surface area contributed by atoms with E-state index in [1.165, 1.54) is 17.5 Å². The third kappa shape index (κ3) is 18.7. The number of para-hydroxylation sites is 1. The summed E-state index contributed by atoms with van der Waals surface area (Å²) in [6.07, 6.45) is 5.49. The van der Waals surface area contributed by atoms with Crippen LogP contribution < -0.4 is 20.9 Å². The second kappa shape index (κ2) is 28.1. The van der Waals surface area contributed by atoms with Crippen molar-refractivity contribution in [1.29, 1.82) is 0 Å². The minimum Gasteiger partial charge on any atom is -0.448 e. The number of benzene rings is 1. The van der Waals surface area contributed by atoms with Crippen LogP contribution in [0.1, 0.15) is 46.7 Å². The van der Waals surface area contributed by atoms with Crippen molar-refractivity contribution >= 4 is 69.0 Å². The first-order valence-corrected chi connectivity index (χ1v) is 21.5. The Morgan fingerprint density at radius 3 is 2.14 bits per heavy atom. The first-order valence-electron chi connectivity index (χ1n) is 19.8. The predicted octanol–water partition coefficient (Wildman–Crippen LogP) is 5.93. The molecule has 1 saturated heterocycles. The maximum atomic E-state index is 12.9. The predicted molar refractivity (Wildman–Crippen MR) is 228 cm³/mol. The summed E-state index contributed by atoms with van der Waals surface area (Å²) in [6, 6.07) is 7.33. The smallest absolute Gasteiger partial charge is 0.407 e. The lowest BCUT2D eigenvalue weighted by atomic mass is 10.2. The average Bonchev–Trinajstić information content (AvgIpc) is 3.68. The molecule has 0 unspecified atom stereocenters. The van der Waals surface area contributed by atoms with E-state index in [1.54, 1.807) is 6.07 Å². The Kier molecular flexibility index (Phi) is 22.9. The van der Waals surface area contributed by atoms with Crippen LogP contribution in [0.5, 0.6) is 0 Å². The third-order valence-corrected chi connectivity index (χ3v) is 10.3. The molecule has 19 heteroatoms. The molecule has 0 spiro atoms. The molecule has 16 nitrogen and oxygen atoms in total. The van der Waals surface area contributed by atoms with Crippen molar-refractivity contribution < 1.29 is 38.0 Å². The summed E-state index contributed by atoms with van der Waals surface area (Å²) in [5, 5.41) is 9.81. The topological polar surface area (TPSA) is 171 Å². The van der Waals surface area contributed by atoms with Crippen LogP contribution in [0.25, 0.3) is 0 Å². The van der Waals surface area contributed by atoms with E-state index in [2.05, 4.69) is 40.7 Å². The van der Waals surface area contributed by atoms with Gasteiger partial charge in [-0.25, -0.2) is 19.7 Å². The number of alkyl halides is 1. The lowest BCUT2D eigenvalue weighted by Crippen LogP contribution is -2.48. The van der Waals surface area contributed by atoms with Crippen LogP contribution in [0.15, 0.2) is 30.5 Å². The van der Waals surface area contributed by atoms with Gasteiger partial charge in [0.05, 0.1) is 76.4 Å². The van der Waals surface area contributed by atoms with Crippen LogP contribution in [0.2, 0.25) is 5.02 Å². The first kappa shape index (κ1) is 47.3. The van der Waals surface area contributed by atoms with E-state index in [-0.39, 0.29) is 12.5 Å². The third-order valence-electron chi connectivity index (χ3n) is 8.76. The maximum Gasteiger partial charge on any atom is 0.407 e. The lowest BCUT2D eigenvalue weighted by molar-refractivity contribution is -0.0110. The molecule has 322 valence electrons. The van der Waals surface area contributed by atoms with E-state index in [1.807, 2.05) is 32.0 Å². The Balaban J connectivity index is 0.973. The fourth-order valence-corrected chi connectivity index (χ4v) is 6.84. The summed E-state index contributed by atoms with van der Waals surface area (Å²) < 4.78 is 32.9. The van der Waals surface area contributed by atoms with Crippen molar-refractivity contribution in [3.63, 3.8) is 0 Å². The average molecular weight is 870 g/mol. The van der Waals surface area contributed by atoms with Crippen LogP contribution in [0.3, 0.4) is 0 Å². The van der Waals surface area contributed by atoms with E-state index < -0.39 is 6.09 Å². The number of nitrogens with one attached hydrogen (secondary N) is 3. The molecule has 0 saturated carbocycles. The number of alkyl carbamates (subject to hydrolysis) is 1. The highest BCUT2D eigenvalue weighted by molar-refractivity contribution is 7.17. The number of amides is 2. The molecule has 58 heavy (non-hydrogen) atoms. The second-order valence-electron chi connectivity index (χ2n) is 13.3. The van der Waals surface area contributed by atoms with E-state index in [9.17, 15) is 9.59 Å². The number of thiazole rings is 1. The molecule has 0 aliphatic carbocycles. The van der Waals surface area contributed by atoms with Crippen LogP contribution >= 0.6 is 34.5 Å². The highest BCUT2D eigenvalue weighted by Gasteiger charge is 2.20. The number of rotatable bonds is 29. The Morgan fingerprint density at radius 2 is 1.47 bits per heavy atom. The summed E-state index contributed by atoms with van der Waals surface area (Å²) in [6.45, 7) is 13.2. The van der Waals surface area contributed by atoms with Crippen LogP contribution in [-0.2, 0) is 28.4 Å². The molecule has 0 radical (unpaired) electrons. The number of anilines is 4. The van der Waals surface area contributed by atoms with Gasteiger partial charge in [-0.15, -0.1) is 11.6 Å². The summed E-state index contributed by atoms with van der Waals surface area (Å²) in [5.41, 5.74) is 1.45. The highest BCUT2D eigenvalue weighted by atomic mass is 35.5. The lowest BCUT2D eigenvalue weighted by Gasteiger charge is -2.35. The number of piperazine rings is 1. The van der Waals surface area contributed by atoms with Crippen molar-refractivity contribution in [2.24, 2.45) is 0 Å². The van der Waals surface area contributed by atoms with Gasteiger partial charge < -0.3 is 49.3 Å². The number of aryl methyl sites for hydroxylation is 2. The summed E-state index contributed by atoms with van der Waals surface area (Å²) in [7, 11) is 0. The SMILES string of the molecule is Cc1nc(Nc2ncc(C(=O)Nc3c(C)cccc3Cl)s2)cc(N2CCN(CCOC(=O)NCCOCCOCCOCCOCCOCCCCCCCl)CC2)n1. The normalized spacial score (nSPS) is 13.1. The molecule has 0 bridgehead atoms. The number of hydrogen-bond donors (Lipinski definition) is 3. The van der Waals surface area contributed by atoms with Gasteiger partial charge in [0.15, 0.2) is 5.13 Å². The van der Waals surface area contributed by atoms with Crippen LogP contribution in [0.4, 0.5) is 27.2 Å². The molecule has 4 rings (SSSR count). The zero-order valence-corrected chi connectivity index (χ0v) is 35.9. The van der Waals surface area contributed by atoms with Crippen molar-refractivity contribution in [2.75, 3.05) is 133 Å². The van der Waals surface area contributed by atoms with Gasteiger partial charge in [-0.1, -0.05) is 47.9 Å². The number of ether oxygens (including phenoxy) is 6. The van der Waals surface area contributed by atoms with Crippen LogP contribution in [-0.4, -0.2) is 150 Å². The standard InChI is InChI=1S/C39H58Cl2N8O8S/c1-30-8-7-9-32(41)36(30)47-37(50)33-29-43-38(58-33)46-34-28-35(45-31(2)44-34)49-14-12-48(13-15-49)16-19-57-39(51)42-11-18-53-21-23-55-25-27-56-26-24-54-22-20-52-17-6-4-3-5-10-40/h7-9,28-29H,3-6,10-27H2,1-2H3,(H,42,51)(H,47,50)(H,43,44,45,46). The number of hydrogen-bond acceptors (Lipinski definition) is 15. The van der Waals surface area contributed by atoms with Gasteiger partial charge in [0, 0.05) is 57.8 Å². The molecule has 1 aromatic carbocycles. The Hall–Kier alpha value is -3.39. The number of aromatic nitrogens is 3. The van der Waals surface area contributed by atoms with Crippen molar-refractivity contribution in [3.8, 4) is 0 Å². The van der Waals surface area contributed by atoms with E-state index in [4.69, 9.17) is 51.6 Å². The quantitative estimate of drug-likeness (QED) is 0.0554. The number of halogens is 2. The van der Waals surface area contributed by atoms with Gasteiger partial charge in [0.25, 0.3) is 5.91 Å². The second-order valence-corrected chi connectivity index (χ2v) is 15.1. The monoisotopic (exact) mass is 868 g/mol. The summed E-state index contributed by atoms with van der Waals surface area (Å²) in [4.78, 5) is 43.4. The van der Waals surface area contributed by atoms with Gasteiger partial charge >= 0.3 is 6.09 Å².